The van der Waals surface area contributed by atoms with Crippen LogP contribution in [0.25, 0.3) is 5.69 Å². The van der Waals surface area contributed by atoms with E-state index >= 15 is 0 Å². The molecule has 2 aromatic rings. The number of halogens is 1. The van der Waals surface area contributed by atoms with Gasteiger partial charge < -0.3 is 15.0 Å². The summed E-state index contributed by atoms with van der Waals surface area (Å²) in [6.07, 6.45) is 0. The first-order valence-electron chi connectivity index (χ1n) is 8.24. The lowest BCUT2D eigenvalue weighted by atomic mass is 10.0. The quantitative estimate of drug-likeness (QED) is 0.889. The second-order valence-electron chi connectivity index (χ2n) is 6.52. The van der Waals surface area contributed by atoms with Crippen LogP contribution in [0.5, 0.6) is 5.75 Å². The van der Waals surface area contributed by atoms with E-state index in [0.717, 1.165) is 43.3 Å². The Kier molecular flexibility index (Phi) is 4.96. The van der Waals surface area contributed by atoms with Crippen LogP contribution in [0.3, 0.4) is 0 Å². The van der Waals surface area contributed by atoms with E-state index in [1.807, 2.05) is 36.1 Å². The minimum absolute atomic E-state index is 0. The topological polar surface area (TPSA) is 72.3 Å². The molecule has 8 heteroatoms. The maximum absolute atomic E-state index is 12.8. The second-order valence-corrected chi connectivity index (χ2v) is 6.52. The normalized spacial score (nSPS) is 21.8. The average Bonchev–Trinajstić information content (AvgIpc) is 3.28. The largest absolute Gasteiger partial charge is 0.497 e. The Bertz CT molecular complexity index is 749. The van der Waals surface area contributed by atoms with Crippen LogP contribution in [-0.4, -0.2) is 59.1 Å². The van der Waals surface area contributed by atoms with Crippen LogP contribution >= 0.6 is 12.4 Å². The van der Waals surface area contributed by atoms with Crippen molar-refractivity contribution in [1.82, 2.24) is 25.2 Å². The van der Waals surface area contributed by atoms with E-state index in [4.69, 9.17) is 4.74 Å². The number of nitrogens with zero attached hydrogens (tertiary/aromatic N) is 4. The molecule has 0 bridgehead atoms. The van der Waals surface area contributed by atoms with E-state index in [9.17, 15) is 4.79 Å². The fourth-order valence-corrected chi connectivity index (χ4v) is 3.67. The van der Waals surface area contributed by atoms with Gasteiger partial charge in [-0.2, -0.15) is 0 Å². The predicted molar refractivity (Wildman–Crippen MR) is 95.6 cm³/mol. The van der Waals surface area contributed by atoms with Crippen molar-refractivity contribution in [1.29, 1.82) is 0 Å². The Labute approximate surface area is 152 Å². The number of hydrogen-bond acceptors (Lipinski definition) is 5. The fourth-order valence-electron chi connectivity index (χ4n) is 3.67. The number of benzene rings is 1. The molecule has 0 saturated carbocycles. The van der Waals surface area contributed by atoms with Crippen molar-refractivity contribution < 1.29 is 9.53 Å². The molecule has 0 spiro atoms. The van der Waals surface area contributed by atoms with Crippen LogP contribution in [0.1, 0.15) is 16.2 Å². The van der Waals surface area contributed by atoms with Gasteiger partial charge in [0.25, 0.3) is 5.91 Å². The van der Waals surface area contributed by atoms with E-state index in [-0.39, 0.29) is 18.3 Å². The highest BCUT2D eigenvalue weighted by molar-refractivity contribution is 5.93. The van der Waals surface area contributed by atoms with E-state index < -0.39 is 0 Å². The zero-order valence-corrected chi connectivity index (χ0v) is 15.1. The third-order valence-corrected chi connectivity index (χ3v) is 5.09. The second kappa shape index (κ2) is 7.01. The number of fused-ring (bicyclic) bond motifs is 1. The monoisotopic (exact) mass is 363 g/mol. The number of ether oxygens (including phenoxy) is 1. The van der Waals surface area contributed by atoms with Gasteiger partial charge in [-0.3, -0.25) is 4.79 Å². The van der Waals surface area contributed by atoms with Gasteiger partial charge in [-0.15, -0.1) is 17.5 Å². The van der Waals surface area contributed by atoms with Gasteiger partial charge in [0.2, 0.25) is 0 Å². The van der Waals surface area contributed by atoms with Gasteiger partial charge in [0, 0.05) is 26.2 Å². The van der Waals surface area contributed by atoms with Gasteiger partial charge >= 0.3 is 0 Å². The molecule has 25 heavy (non-hydrogen) atoms. The number of carbonyl (C=O) groups is 1. The fraction of sp³-hybridized carbons (Fsp3) is 0.471. The van der Waals surface area contributed by atoms with Gasteiger partial charge in [-0.25, -0.2) is 4.68 Å². The maximum atomic E-state index is 12.8. The van der Waals surface area contributed by atoms with Crippen LogP contribution in [0.15, 0.2) is 24.3 Å². The van der Waals surface area contributed by atoms with Gasteiger partial charge in [0.05, 0.1) is 18.5 Å². The van der Waals surface area contributed by atoms with Gasteiger partial charge in [-0.1, -0.05) is 5.21 Å². The SMILES string of the molecule is COc1ccc(-n2nnc(C(=O)N3C[C@H]4CNC[C@H]4C3)c2C)cc1.Cl. The molecule has 0 radical (unpaired) electrons. The number of likely N-dealkylation sites (tertiary alicyclic amines) is 1. The van der Waals surface area contributed by atoms with E-state index in [0.29, 0.717) is 17.5 Å². The van der Waals surface area contributed by atoms with Crippen molar-refractivity contribution in [2.75, 3.05) is 33.3 Å². The molecule has 0 aliphatic carbocycles. The van der Waals surface area contributed by atoms with Crippen molar-refractivity contribution in [3.63, 3.8) is 0 Å². The summed E-state index contributed by atoms with van der Waals surface area (Å²) in [6.45, 7) is 5.52. The third kappa shape index (κ3) is 3.09. The lowest BCUT2D eigenvalue weighted by molar-refractivity contribution is 0.0775. The molecular formula is C17H22ClN5O2. The molecule has 1 amide bonds. The molecule has 0 unspecified atom stereocenters. The molecule has 2 aliphatic rings. The molecule has 134 valence electrons. The number of aromatic nitrogens is 3. The lowest BCUT2D eigenvalue weighted by Gasteiger charge is -2.16. The molecule has 1 aromatic carbocycles. The average molecular weight is 364 g/mol. The van der Waals surface area contributed by atoms with Crippen molar-refractivity contribution >= 4 is 18.3 Å². The van der Waals surface area contributed by atoms with Crippen LogP contribution in [0.4, 0.5) is 0 Å². The van der Waals surface area contributed by atoms with E-state index in [1.54, 1.807) is 11.8 Å². The summed E-state index contributed by atoms with van der Waals surface area (Å²) < 4.78 is 6.87. The minimum Gasteiger partial charge on any atom is -0.497 e. The van der Waals surface area contributed by atoms with Crippen molar-refractivity contribution in [3.05, 3.63) is 35.7 Å². The number of rotatable bonds is 3. The minimum atomic E-state index is -0.0124. The highest BCUT2D eigenvalue weighted by atomic mass is 35.5. The molecule has 2 atom stereocenters. The smallest absolute Gasteiger partial charge is 0.276 e. The Morgan fingerprint density at radius 2 is 1.84 bits per heavy atom. The summed E-state index contributed by atoms with van der Waals surface area (Å²) in [5.41, 5.74) is 2.07. The highest BCUT2D eigenvalue weighted by Gasteiger charge is 2.39. The maximum Gasteiger partial charge on any atom is 0.276 e. The van der Waals surface area contributed by atoms with E-state index in [2.05, 4.69) is 15.6 Å². The Morgan fingerprint density at radius 3 is 2.44 bits per heavy atom. The summed E-state index contributed by atoms with van der Waals surface area (Å²) in [5.74, 6) is 1.92. The molecule has 3 heterocycles. The van der Waals surface area contributed by atoms with Crippen LogP contribution in [0.2, 0.25) is 0 Å². The molecule has 2 aliphatic heterocycles. The molecular weight excluding hydrogens is 342 g/mol. The zero-order chi connectivity index (χ0) is 16.7. The summed E-state index contributed by atoms with van der Waals surface area (Å²) >= 11 is 0. The van der Waals surface area contributed by atoms with Gasteiger partial charge in [0.1, 0.15) is 5.75 Å². The Morgan fingerprint density at radius 1 is 1.20 bits per heavy atom. The zero-order valence-electron chi connectivity index (χ0n) is 14.3. The number of methoxy groups -OCH3 is 1. The van der Waals surface area contributed by atoms with Gasteiger partial charge in [-0.05, 0) is 43.0 Å². The number of hydrogen-bond donors (Lipinski definition) is 1. The summed E-state index contributed by atoms with van der Waals surface area (Å²) in [5, 5.41) is 11.7. The highest BCUT2D eigenvalue weighted by Crippen LogP contribution is 2.27. The van der Waals surface area contributed by atoms with Crippen LogP contribution < -0.4 is 10.1 Å². The summed E-state index contributed by atoms with van der Waals surface area (Å²) in [4.78, 5) is 14.7. The van der Waals surface area contributed by atoms with Crippen molar-refractivity contribution in [2.24, 2.45) is 11.8 Å². The predicted octanol–water partition coefficient (Wildman–Crippen LogP) is 1.30. The van der Waals surface area contributed by atoms with Crippen LogP contribution in [-0.2, 0) is 0 Å². The molecule has 2 saturated heterocycles. The Balaban J connectivity index is 0.00000182. The standard InChI is InChI=1S/C17H21N5O2.ClH/c1-11-16(17(23)21-9-12-7-18-8-13(12)10-21)19-20-22(11)14-3-5-15(24-2)6-4-14;/h3-6,12-13,18H,7-10H2,1-2H3;1H/t12-,13+;. The van der Waals surface area contributed by atoms with Crippen molar-refractivity contribution in [3.8, 4) is 11.4 Å². The van der Waals surface area contributed by atoms with Crippen LogP contribution in [0, 0.1) is 18.8 Å². The molecule has 2 fully saturated rings. The molecule has 1 N–H and O–H groups in total. The third-order valence-electron chi connectivity index (χ3n) is 5.09. The number of carbonyl (C=O) groups excluding carboxylic acids is 1. The van der Waals surface area contributed by atoms with E-state index in [1.165, 1.54) is 0 Å². The number of nitrogens with one attached hydrogen (secondary N) is 1. The molecule has 4 rings (SSSR count). The molecule has 1 aromatic heterocycles. The van der Waals surface area contributed by atoms with Crippen molar-refractivity contribution in [2.45, 2.75) is 6.92 Å². The molecule has 7 nitrogen and oxygen atoms in total. The number of amides is 1. The lowest BCUT2D eigenvalue weighted by Crippen LogP contribution is -2.32. The first kappa shape index (κ1) is 17.7. The Hall–Kier alpha value is -2.12. The van der Waals surface area contributed by atoms with Gasteiger partial charge in [0.15, 0.2) is 5.69 Å². The first-order valence-corrected chi connectivity index (χ1v) is 8.24. The summed E-state index contributed by atoms with van der Waals surface area (Å²) in [6, 6.07) is 7.54. The first-order chi connectivity index (χ1) is 11.7. The summed E-state index contributed by atoms with van der Waals surface area (Å²) in [7, 11) is 1.63.